The number of piperazine rings is 1. The van der Waals surface area contributed by atoms with Gasteiger partial charge in [0.25, 0.3) is 11.8 Å². The Balaban J connectivity index is 2.00. The Bertz CT molecular complexity index is 719. The van der Waals surface area contributed by atoms with Crippen molar-refractivity contribution in [2.24, 2.45) is 0 Å². The lowest BCUT2D eigenvalue weighted by Gasteiger charge is -2.35. The van der Waals surface area contributed by atoms with E-state index >= 15 is 0 Å². The lowest BCUT2D eigenvalue weighted by molar-refractivity contribution is -0.137. The zero-order valence-electron chi connectivity index (χ0n) is 14.4. The van der Waals surface area contributed by atoms with Crippen LogP contribution >= 0.6 is 11.6 Å². The van der Waals surface area contributed by atoms with Crippen molar-refractivity contribution in [2.45, 2.75) is 6.92 Å². The topological polar surface area (TPSA) is 43.9 Å². The van der Waals surface area contributed by atoms with Gasteiger partial charge in [-0.3, -0.25) is 14.5 Å². The molecule has 2 aliphatic rings. The van der Waals surface area contributed by atoms with Gasteiger partial charge in [-0.2, -0.15) is 0 Å². The molecule has 0 aliphatic carbocycles. The first-order chi connectivity index (χ1) is 12.1. The highest BCUT2D eigenvalue weighted by molar-refractivity contribution is 6.36. The van der Waals surface area contributed by atoms with E-state index in [0.29, 0.717) is 16.3 Å². The number of hydrogen-bond donors (Lipinski definition) is 0. The van der Waals surface area contributed by atoms with Crippen molar-refractivity contribution in [3.05, 3.63) is 53.2 Å². The predicted molar refractivity (Wildman–Crippen MR) is 99.0 cm³/mol. The summed E-state index contributed by atoms with van der Waals surface area (Å²) in [6, 6.07) is 7.07. The number of imide groups is 1. The molecule has 1 aromatic carbocycles. The third-order valence-corrected chi connectivity index (χ3v) is 4.98. The minimum atomic E-state index is -0.264. The van der Waals surface area contributed by atoms with Crippen LogP contribution in [0.4, 0.5) is 0 Å². The van der Waals surface area contributed by atoms with E-state index in [4.69, 9.17) is 11.6 Å². The first-order valence-corrected chi connectivity index (χ1v) is 8.89. The Labute approximate surface area is 153 Å². The Morgan fingerprint density at radius 3 is 2.28 bits per heavy atom. The molecular weight excluding hydrogens is 338 g/mol. The van der Waals surface area contributed by atoms with Gasteiger partial charge in [0.05, 0.1) is 5.57 Å². The molecule has 0 atom stereocenters. The molecule has 0 unspecified atom stereocenters. The maximum Gasteiger partial charge on any atom is 0.278 e. The largest absolute Gasteiger partial charge is 0.364 e. The molecule has 3 rings (SSSR count). The van der Waals surface area contributed by atoms with E-state index in [9.17, 15) is 9.59 Å². The van der Waals surface area contributed by atoms with Gasteiger partial charge in [0, 0.05) is 37.7 Å². The fourth-order valence-electron chi connectivity index (χ4n) is 3.32. The molecule has 0 N–H and O–H groups in total. The van der Waals surface area contributed by atoms with E-state index in [-0.39, 0.29) is 18.4 Å². The fraction of sp³-hybridized carbons (Fsp3) is 0.368. The number of amides is 2. The Kier molecular flexibility index (Phi) is 5.25. The summed E-state index contributed by atoms with van der Waals surface area (Å²) in [6.07, 6.45) is 1.58. The molecule has 1 aromatic rings. The van der Waals surface area contributed by atoms with Gasteiger partial charge in [-0.25, -0.2) is 0 Å². The van der Waals surface area contributed by atoms with Crippen molar-refractivity contribution in [3.63, 3.8) is 0 Å². The van der Waals surface area contributed by atoms with Crippen molar-refractivity contribution in [3.8, 4) is 0 Å². The number of benzene rings is 1. The Morgan fingerprint density at radius 2 is 1.72 bits per heavy atom. The standard InChI is InChI=1S/C19H22ClN3O2/c1-3-9-23-18(24)16(14-5-7-15(20)8-6-14)17(19(23)25)22-12-10-21(4-2)11-13-22/h3,5-8H,1,4,9-13H2,2H3. The van der Waals surface area contributed by atoms with Crippen LogP contribution in [0.5, 0.6) is 0 Å². The number of carbonyl (C=O) groups excluding carboxylic acids is 2. The van der Waals surface area contributed by atoms with Crippen molar-refractivity contribution in [1.29, 1.82) is 0 Å². The third kappa shape index (κ3) is 3.34. The smallest absolute Gasteiger partial charge is 0.278 e. The second-order valence-electron chi connectivity index (χ2n) is 6.16. The average molecular weight is 360 g/mol. The van der Waals surface area contributed by atoms with Gasteiger partial charge < -0.3 is 9.80 Å². The number of hydrogen-bond acceptors (Lipinski definition) is 4. The molecule has 0 radical (unpaired) electrons. The number of nitrogens with zero attached hydrogens (tertiary/aromatic N) is 3. The van der Waals surface area contributed by atoms with E-state index < -0.39 is 0 Å². The molecule has 0 spiro atoms. The monoisotopic (exact) mass is 359 g/mol. The van der Waals surface area contributed by atoms with Gasteiger partial charge in [0.15, 0.2) is 0 Å². The Morgan fingerprint density at radius 1 is 1.08 bits per heavy atom. The molecule has 6 heteroatoms. The van der Waals surface area contributed by atoms with Gasteiger partial charge in [0.1, 0.15) is 5.70 Å². The summed E-state index contributed by atoms with van der Waals surface area (Å²) in [5.41, 5.74) is 1.70. The minimum Gasteiger partial charge on any atom is -0.364 e. The molecule has 1 fully saturated rings. The molecule has 132 valence electrons. The van der Waals surface area contributed by atoms with Crippen LogP contribution < -0.4 is 0 Å². The van der Waals surface area contributed by atoms with E-state index in [1.807, 2.05) is 4.90 Å². The van der Waals surface area contributed by atoms with Gasteiger partial charge >= 0.3 is 0 Å². The second-order valence-corrected chi connectivity index (χ2v) is 6.60. The molecule has 0 bridgehead atoms. The molecule has 0 aromatic heterocycles. The van der Waals surface area contributed by atoms with E-state index in [2.05, 4.69) is 18.4 Å². The highest BCUT2D eigenvalue weighted by Gasteiger charge is 2.41. The van der Waals surface area contributed by atoms with Crippen LogP contribution in [0.1, 0.15) is 12.5 Å². The molecule has 25 heavy (non-hydrogen) atoms. The summed E-state index contributed by atoms with van der Waals surface area (Å²) < 4.78 is 0. The molecule has 2 aliphatic heterocycles. The summed E-state index contributed by atoms with van der Waals surface area (Å²) in [7, 11) is 0. The molecule has 2 amide bonds. The normalized spacial score (nSPS) is 19.1. The van der Waals surface area contributed by atoms with Crippen LogP contribution in [0.3, 0.4) is 0 Å². The second kappa shape index (κ2) is 7.42. The molecule has 0 saturated carbocycles. The zero-order chi connectivity index (χ0) is 18.0. The summed E-state index contributed by atoms with van der Waals surface area (Å²) in [6.45, 7) is 10.2. The van der Waals surface area contributed by atoms with Crippen LogP contribution in [0, 0.1) is 0 Å². The van der Waals surface area contributed by atoms with E-state index in [0.717, 1.165) is 38.3 Å². The van der Waals surface area contributed by atoms with Crippen LogP contribution in [0.15, 0.2) is 42.6 Å². The van der Waals surface area contributed by atoms with Gasteiger partial charge in [-0.1, -0.05) is 36.7 Å². The van der Waals surface area contributed by atoms with Crippen molar-refractivity contribution in [1.82, 2.24) is 14.7 Å². The maximum absolute atomic E-state index is 12.9. The van der Waals surface area contributed by atoms with Crippen molar-refractivity contribution >= 4 is 29.0 Å². The number of rotatable bonds is 5. The molecule has 5 nitrogen and oxygen atoms in total. The first-order valence-electron chi connectivity index (χ1n) is 8.51. The van der Waals surface area contributed by atoms with Crippen LogP contribution in [-0.2, 0) is 9.59 Å². The average Bonchev–Trinajstić information content (AvgIpc) is 2.87. The fourth-order valence-corrected chi connectivity index (χ4v) is 3.44. The Hall–Kier alpha value is -2.11. The van der Waals surface area contributed by atoms with Crippen LogP contribution in [-0.4, -0.2) is 65.8 Å². The van der Waals surface area contributed by atoms with Crippen LogP contribution in [0.25, 0.3) is 5.57 Å². The van der Waals surface area contributed by atoms with E-state index in [1.165, 1.54) is 4.90 Å². The molecule has 1 saturated heterocycles. The number of halogens is 1. The summed E-state index contributed by atoms with van der Waals surface area (Å²) in [5, 5.41) is 0.599. The van der Waals surface area contributed by atoms with Gasteiger partial charge in [-0.05, 0) is 24.2 Å². The van der Waals surface area contributed by atoms with E-state index in [1.54, 1.807) is 30.3 Å². The quantitative estimate of drug-likeness (QED) is 0.597. The lowest BCUT2D eigenvalue weighted by Crippen LogP contribution is -2.47. The number of carbonyl (C=O) groups is 2. The SMILES string of the molecule is C=CCN1C(=O)C(c2ccc(Cl)cc2)=C(N2CCN(CC)CC2)C1=O. The highest BCUT2D eigenvalue weighted by atomic mass is 35.5. The lowest BCUT2D eigenvalue weighted by atomic mass is 10.0. The maximum atomic E-state index is 12.9. The zero-order valence-corrected chi connectivity index (χ0v) is 15.1. The van der Waals surface area contributed by atoms with Gasteiger partial charge in [0.2, 0.25) is 0 Å². The molecule has 2 heterocycles. The van der Waals surface area contributed by atoms with Crippen LogP contribution in [0.2, 0.25) is 5.02 Å². The predicted octanol–water partition coefficient (Wildman–Crippen LogP) is 2.24. The summed E-state index contributed by atoms with van der Waals surface area (Å²) in [4.78, 5) is 31.5. The minimum absolute atomic E-state index is 0.215. The van der Waals surface area contributed by atoms with Crippen molar-refractivity contribution < 1.29 is 9.59 Å². The molecular formula is C19H22ClN3O2. The summed E-state index contributed by atoms with van der Waals surface area (Å²) >= 11 is 5.97. The summed E-state index contributed by atoms with van der Waals surface area (Å²) in [5.74, 6) is -0.500. The highest BCUT2D eigenvalue weighted by Crippen LogP contribution is 2.32. The van der Waals surface area contributed by atoms with Gasteiger partial charge in [-0.15, -0.1) is 6.58 Å². The third-order valence-electron chi connectivity index (χ3n) is 4.72. The van der Waals surface area contributed by atoms with Crippen molar-refractivity contribution in [2.75, 3.05) is 39.3 Å². The number of likely N-dealkylation sites (N-methyl/N-ethyl adjacent to an activating group) is 1. The first kappa shape index (κ1) is 17.7.